The zero-order valence-corrected chi connectivity index (χ0v) is 8.96. The normalized spacial score (nSPS) is 9.75. The van der Waals surface area contributed by atoms with Gasteiger partial charge in [0, 0.05) is 18.6 Å². The quantitative estimate of drug-likeness (QED) is 0.613. The molecule has 1 heterocycles. The van der Waals surface area contributed by atoms with Crippen LogP contribution in [0.5, 0.6) is 0 Å². The topological polar surface area (TPSA) is 12.9 Å². The summed E-state index contributed by atoms with van der Waals surface area (Å²) in [6.07, 6.45) is 0. The Labute approximate surface area is 87.9 Å². The number of hydrogen-bond donors (Lipinski definition) is 0. The van der Waals surface area contributed by atoms with Crippen molar-refractivity contribution in [3.05, 3.63) is 36.4 Å². The Bertz CT molecular complexity index is 394. The largest absolute Gasteiger partial charge is 0.199 e. The molecule has 1 aromatic carbocycles. The van der Waals surface area contributed by atoms with Crippen molar-refractivity contribution in [3.63, 3.8) is 0 Å². The van der Waals surface area contributed by atoms with E-state index in [0.717, 1.165) is 11.3 Å². The van der Waals surface area contributed by atoms with Crippen LogP contribution in [0.15, 0.2) is 18.2 Å². The third kappa shape index (κ3) is 1.51. The van der Waals surface area contributed by atoms with Crippen molar-refractivity contribution in [3.8, 4) is 0 Å². The number of hydrogen-bond acceptors (Lipinski definition) is 2. The van der Waals surface area contributed by atoms with Crippen LogP contribution in [0.25, 0.3) is 10.1 Å². The summed E-state index contributed by atoms with van der Waals surface area (Å²) in [5.41, 5.74) is 2.17. The van der Waals surface area contributed by atoms with E-state index in [0.29, 0.717) is 0 Å². The van der Waals surface area contributed by atoms with E-state index in [1.165, 1.54) is 21.6 Å². The minimum absolute atomic E-state index is 0. The number of fused-ring (bicyclic) bond motifs is 1. The monoisotopic (exact) mass is 213 g/mol. The van der Waals surface area contributed by atoms with E-state index in [-0.39, 0.29) is 18.6 Å². The average Bonchev–Trinajstić information content (AvgIpc) is 2.32. The number of rotatable bonds is 0. The molecule has 2 aromatic rings. The second kappa shape index (κ2) is 3.52. The molecule has 0 atom stereocenters. The Morgan fingerprint density at radius 2 is 2.17 bits per heavy atom. The van der Waals surface area contributed by atoms with Gasteiger partial charge in [-0.05, 0) is 28.5 Å². The van der Waals surface area contributed by atoms with E-state index in [1.54, 1.807) is 0 Å². The fraction of sp³-hybridized carbons (Fsp3) is 0.111. The zero-order valence-electron chi connectivity index (χ0n) is 6.74. The van der Waals surface area contributed by atoms with Crippen LogP contribution in [-0.2, 0) is 18.6 Å². The van der Waals surface area contributed by atoms with Crippen molar-refractivity contribution in [2.24, 2.45) is 0 Å². The van der Waals surface area contributed by atoms with Gasteiger partial charge < -0.3 is 0 Å². The summed E-state index contributed by atoms with van der Waals surface area (Å²) in [5, 5.41) is 1.25. The van der Waals surface area contributed by atoms with Crippen molar-refractivity contribution in [2.75, 3.05) is 0 Å². The van der Waals surface area contributed by atoms with Gasteiger partial charge in [-0.25, -0.2) is 0 Å². The third-order valence-electron chi connectivity index (χ3n) is 1.72. The number of aryl methyl sites for hydroxylation is 1. The van der Waals surface area contributed by atoms with Gasteiger partial charge in [0.25, 0.3) is 0 Å². The first-order valence-corrected chi connectivity index (χ1v) is 4.23. The van der Waals surface area contributed by atoms with Gasteiger partial charge in [-0.3, -0.25) is 0 Å². The predicted molar refractivity (Wildman–Crippen MR) is 48.8 cm³/mol. The molecule has 2 rings (SSSR count). The maximum atomic E-state index is 4.25. The minimum Gasteiger partial charge on any atom is -0.199 e. The average molecular weight is 213 g/mol. The van der Waals surface area contributed by atoms with Crippen molar-refractivity contribution in [2.45, 2.75) is 6.92 Å². The van der Waals surface area contributed by atoms with Crippen LogP contribution in [0.3, 0.4) is 0 Å². The molecule has 0 unspecified atom stereocenters. The molecule has 12 heavy (non-hydrogen) atoms. The number of nitrogens with zero attached hydrogens (tertiary/aromatic N) is 1. The molecule has 0 N–H and O–H groups in total. The Hall–Kier alpha value is -0.436. The van der Waals surface area contributed by atoms with E-state index in [2.05, 4.69) is 23.4 Å². The minimum atomic E-state index is 0. The molecule has 1 aromatic heterocycles. The summed E-state index contributed by atoms with van der Waals surface area (Å²) in [4.78, 5) is 0. The molecule has 0 saturated heterocycles. The molecule has 0 amide bonds. The van der Waals surface area contributed by atoms with Crippen LogP contribution in [0.4, 0.5) is 0 Å². The number of benzene rings is 1. The molecule has 0 aliphatic carbocycles. The molecule has 0 aliphatic heterocycles. The summed E-state index contributed by atoms with van der Waals surface area (Å²) < 4.78 is 5.48. The van der Waals surface area contributed by atoms with E-state index < -0.39 is 0 Å². The molecule has 0 bridgehead atoms. The fourth-order valence-corrected chi connectivity index (χ4v) is 1.96. The van der Waals surface area contributed by atoms with Gasteiger partial charge in [-0.1, -0.05) is 0 Å². The van der Waals surface area contributed by atoms with Crippen LogP contribution in [0, 0.1) is 13.8 Å². The molecule has 1 nitrogen and oxygen atoms in total. The van der Waals surface area contributed by atoms with E-state index >= 15 is 0 Å². The molecule has 1 radical (unpaired) electrons. The molecular weight excluding hydrogens is 205 g/mol. The molecule has 0 saturated carbocycles. The van der Waals surface area contributed by atoms with Crippen LogP contribution in [-0.4, -0.2) is 4.37 Å². The van der Waals surface area contributed by atoms with Crippen molar-refractivity contribution >= 4 is 21.6 Å². The third-order valence-corrected chi connectivity index (χ3v) is 2.62. The van der Waals surface area contributed by atoms with Crippen LogP contribution in [0.2, 0.25) is 0 Å². The van der Waals surface area contributed by atoms with Crippen LogP contribution < -0.4 is 0 Å². The number of aromatic nitrogens is 1. The Morgan fingerprint density at radius 1 is 1.42 bits per heavy atom. The van der Waals surface area contributed by atoms with Crippen LogP contribution >= 0.6 is 11.5 Å². The Morgan fingerprint density at radius 3 is 2.92 bits per heavy atom. The first-order chi connectivity index (χ1) is 5.27. The van der Waals surface area contributed by atoms with Gasteiger partial charge in [0.15, 0.2) is 0 Å². The van der Waals surface area contributed by atoms with Crippen molar-refractivity contribution in [1.82, 2.24) is 4.37 Å². The second-order valence-electron chi connectivity index (χ2n) is 2.60. The summed E-state index contributed by atoms with van der Waals surface area (Å²) in [6.45, 7) is 5.89. The summed E-state index contributed by atoms with van der Waals surface area (Å²) in [7, 11) is 0. The molecule has 3 heteroatoms. The molecule has 0 aliphatic rings. The van der Waals surface area contributed by atoms with Gasteiger partial charge in [-0.2, -0.15) is 22.9 Å². The van der Waals surface area contributed by atoms with Gasteiger partial charge in [0.2, 0.25) is 0 Å². The standard InChI is InChI=1S/C9H8NS.V/c1-6-3-4-8-7(2)10-11-9(8)5-6;/h3-5H,1H2,2H3;/q-1;. The maximum absolute atomic E-state index is 4.25. The first kappa shape index (κ1) is 9.65. The SMILES string of the molecule is [CH2-]c1ccc2c(C)nsc2c1.[V]. The fourth-order valence-electron chi connectivity index (χ4n) is 1.11. The van der Waals surface area contributed by atoms with Gasteiger partial charge >= 0.3 is 0 Å². The predicted octanol–water partition coefficient (Wildman–Crippen LogP) is 2.78. The second-order valence-corrected chi connectivity index (χ2v) is 3.40. The van der Waals surface area contributed by atoms with E-state index in [4.69, 9.17) is 0 Å². The van der Waals surface area contributed by atoms with Crippen molar-refractivity contribution < 1.29 is 18.6 Å². The van der Waals surface area contributed by atoms with E-state index in [9.17, 15) is 0 Å². The maximum Gasteiger partial charge on any atom is 0.0568 e. The molecular formula is C9H8NSV-. The van der Waals surface area contributed by atoms with Gasteiger partial charge in [0.05, 0.1) is 5.69 Å². The first-order valence-electron chi connectivity index (χ1n) is 3.45. The van der Waals surface area contributed by atoms with E-state index in [1.807, 2.05) is 13.0 Å². The summed E-state index contributed by atoms with van der Waals surface area (Å²) >= 11 is 1.54. The van der Waals surface area contributed by atoms with Crippen LogP contribution in [0.1, 0.15) is 11.3 Å². The Balaban J connectivity index is 0.000000720. The smallest absolute Gasteiger partial charge is 0.0568 e. The van der Waals surface area contributed by atoms with Crippen molar-refractivity contribution in [1.29, 1.82) is 0 Å². The molecule has 0 spiro atoms. The summed E-state index contributed by atoms with van der Waals surface area (Å²) in [6, 6.07) is 6.17. The molecule has 0 fully saturated rings. The van der Waals surface area contributed by atoms with Gasteiger partial charge in [-0.15, -0.1) is 12.1 Å². The Kier molecular flexibility index (Phi) is 2.83. The zero-order chi connectivity index (χ0) is 7.84. The summed E-state index contributed by atoms with van der Waals surface area (Å²) in [5.74, 6) is 0. The van der Waals surface area contributed by atoms with Gasteiger partial charge in [0.1, 0.15) is 0 Å². The molecule has 61 valence electrons.